The van der Waals surface area contributed by atoms with Crippen molar-refractivity contribution in [2.75, 3.05) is 24.5 Å². The number of ketones is 1. The standard InChI is InChI=1S/C32H35N5O6/c1-33-24-12-5-3-10-22(24)30(41)36(32(33)43)18-14-28(39)37-23-11-4-2-9-21(23)19-26(37)31(42)35-17-8-13-25(35)27(38)20-29(40)34-15-6-7-16-34/h2-5,9-12,25-26H,6-8,13-20H2,1H3/t25-,26-/m0/s1. The fourth-order valence-corrected chi connectivity index (χ4v) is 6.78. The van der Waals surface area contributed by atoms with Gasteiger partial charge in [-0.1, -0.05) is 30.3 Å². The van der Waals surface area contributed by atoms with E-state index in [2.05, 4.69) is 0 Å². The Labute approximate surface area is 248 Å². The summed E-state index contributed by atoms with van der Waals surface area (Å²) >= 11 is 0. The highest BCUT2D eigenvalue weighted by atomic mass is 16.2. The number of Topliss-reactive ketones (excluding diaryl/α,β-unsaturated/α-hetero) is 1. The summed E-state index contributed by atoms with van der Waals surface area (Å²) in [5, 5.41) is 0.379. The summed E-state index contributed by atoms with van der Waals surface area (Å²) in [7, 11) is 1.58. The Hall–Kier alpha value is -4.54. The van der Waals surface area contributed by atoms with Gasteiger partial charge < -0.3 is 9.80 Å². The van der Waals surface area contributed by atoms with Crippen LogP contribution in [0.1, 0.15) is 44.1 Å². The molecular formula is C32H35N5O6. The number of hydrogen-bond acceptors (Lipinski definition) is 6. The minimum atomic E-state index is -0.858. The van der Waals surface area contributed by atoms with Gasteiger partial charge >= 0.3 is 5.69 Å². The van der Waals surface area contributed by atoms with Crippen molar-refractivity contribution >= 4 is 40.1 Å². The summed E-state index contributed by atoms with van der Waals surface area (Å²) in [6, 6.07) is 12.6. The summed E-state index contributed by atoms with van der Waals surface area (Å²) in [6.45, 7) is 1.56. The molecule has 3 aliphatic heterocycles. The van der Waals surface area contributed by atoms with E-state index >= 15 is 0 Å². The average Bonchev–Trinajstić information content (AvgIpc) is 3.79. The molecule has 1 aromatic heterocycles. The van der Waals surface area contributed by atoms with E-state index in [1.165, 1.54) is 9.47 Å². The lowest BCUT2D eigenvalue weighted by Crippen LogP contribution is -2.53. The second-order valence-electron chi connectivity index (χ2n) is 11.6. The molecule has 0 bridgehead atoms. The van der Waals surface area contributed by atoms with Crippen LogP contribution in [0.5, 0.6) is 0 Å². The van der Waals surface area contributed by atoms with Crippen LogP contribution in [0.3, 0.4) is 0 Å². The molecule has 2 aromatic carbocycles. The third-order valence-electron chi connectivity index (χ3n) is 9.03. The van der Waals surface area contributed by atoms with Gasteiger partial charge in [-0.05, 0) is 49.4 Å². The Morgan fingerprint density at radius 2 is 1.56 bits per heavy atom. The second-order valence-corrected chi connectivity index (χ2v) is 11.6. The van der Waals surface area contributed by atoms with Gasteiger partial charge in [0.1, 0.15) is 6.04 Å². The van der Waals surface area contributed by atoms with Crippen LogP contribution in [0.15, 0.2) is 58.1 Å². The van der Waals surface area contributed by atoms with E-state index in [0.717, 1.165) is 23.0 Å². The van der Waals surface area contributed by atoms with E-state index in [0.29, 0.717) is 55.5 Å². The maximum Gasteiger partial charge on any atom is 0.331 e. The molecule has 2 atom stereocenters. The van der Waals surface area contributed by atoms with E-state index in [-0.39, 0.29) is 37.0 Å². The number of benzene rings is 2. The molecule has 0 unspecified atom stereocenters. The van der Waals surface area contributed by atoms with Crippen molar-refractivity contribution in [1.29, 1.82) is 0 Å². The van der Waals surface area contributed by atoms with Crippen molar-refractivity contribution in [3.05, 3.63) is 74.9 Å². The Bertz CT molecular complexity index is 1740. The summed E-state index contributed by atoms with van der Waals surface area (Å²) in [5.74, 6) is -1.17. The molecule has 2 fully saturated rings. The largest absolute Gasteiger partial charge is 0.342 e. The van der Waals surface area contributed by atoms with Crippen LogP contribution in [0.25, 0.3) is 10.9 Å². The number of rotatable bonds is 7. The quantitative estimate of drug-likeness (QED) is 0.389. The van der Waals surface area contributed by atoms with Crippen molar-refractivity contribution in [2.24, 2.45) is 7.05 Å². The maximum atomic E-state index is 14.0. The number of likely N-dealkylation sites (tertiary alicyclic amines) is 2. The van der Waals surface area contributed by atoms with Crippen LogP contribution < -0.4 is 16.1 Å². The predicted octanol–water partition coefficient (Wildman–Crippen LogP) is 1.62. The summed E-state index contributed by atoms with van der Waals surface area (Å²) in [5.41, 5.74) is 0.960. The third-order valence-corrected chi connectivity index (χ3v) is 9.03. The lowest BCUT2D eigenvalue weighted by atomic mass is 10.0. The molecular weight excluding hydrogens is 550 g/mol. The Balaban J connectivity index is 1.22. The second kappa shape index (κ2) is 11.6. The molecule has 0 radical (unpaired) electrons. The van der Waals surface area contributed by atoms with E-state index in [4.69, 9.17) is 0 Å². The topological polar surface area (TPSA) is 122 Å². The van der Waals surface area contributed by atoms with Crippen LogP contribution in [0, 0.1) is 0 Å². The zero-order valence-electron chi connectivity index (χ0n) is 24.2. The minimum absolute atomic E-state index is 0.141. The fraction of sp³-hybridized carbons (Fsp3) is 0.438. The van der Waals surface area contributed by atoms with Crippen LogP contribution in [-0.4, -0.2) is 74.2 Å². The lowest BCUT2D eigenvalue weighted by molar-refractivity contribution is -0.142. The highest BCUT2D eigenvalue weighted by Gasteiger charge is 2.44. The monoisotopic (exact) mass is 585 g/mol. The van der Waals surface area contributed by atoms with Crippen LogP contribution in [0.2, 0.25) is 0 Å². The first-order chi connectivity index (χ1) is 20.8. The molecule has 0 spiro atoms. The molecule has 3 aromatic rings. The molecule has 6 rings (SSSR count). The molecule has 3 amide bonds. The first-order valence-electron chi connectivity index (χ1n) is 15.0. The fourth-order valence-electron chi connectivity index (χ4n) is 6.78. The summed E-state index contributed by atoms with van der Waals surface area (Å²) < 4.78 is 2.45. The number of carbonyl (C=O) groups excluding carboxylic acids is 4. The number of amides is 3. The molecule has 3 aliphatic rings. The van der Waals surface area contributed by atoms with Gasteiger partial charge in [-0.25, -0.2) is 4.79 Å². The van der Waals surface area contributed by atoms with Crippen molar-refractivity contribution in [3.8, 4) is 0 Å². The number of fused-ring (bicyclic) bond motifs is 2. The van der Waals surface area contributed by atoms with Crippen LogP contribution >= 0.6 is 0 Å². The summed E-state index contributed by atoms with van der Waals surface area (Å²) in [6.07, 6.45) is 2.90. The minimum Gasteiger partial charge on any atom is -0.342 e. The van der Waals surface area contributed by atoms with E-state index in [9.17, 15) is 28.8 Å². The molecule has 11 nitrogen and oxygen atoms in total. The van der Waals surface area contributed by atoms with Crippen LogP contribution in [-0.2, 0) is 39.2 Å². The van der Waals surface area contributed by atoms with E-state index in [1.807, 2.05) is 12.1 Å². The molecule has 11 heteroatoms. The number of aromatic nitrogens is 2. The highest BCUT2D eigenvalue weighted by molar-refractivity contribution is 6.06. The Morgan fingerprint density at radius 3 is 2.35 bits per heavy atom. The Morgan fingerprint density at radius 1 is 0.837 bits per heavy atom. The normalized spacial score (nSPS) is 19.7. The highest BCUT2D eigenvalue weighted by Crippen LogP contribution is 2.35. The van der Waals surface area contributed by atoms with E-state index in [1.54, 1.807) is 53.2 Å². The van der Waals surface area contributed by atoms with Gasteiger partial charge in [-0.15, -0.1) is 0 Å². The molecule has 0 N–H and O–H groups in total. The predicted molar refractivity (Wildman–Crippen MR) is 160 cm³/mol. The molecule has 0 saturated carbocycles. The van der Waals surface area contributed by atoms with Gasteiger partial charge in [0, 0.05) is 51.8 Å². The number of hydrogen-bond donors (Lipinski definition) is 0. The molecule has 0 aliphatic carbocycles. The number of nitrogens with zero attached hydrogens (tertiary/aromatic N) is 5. The van der Waals surface area contributed by atoms with Crippen LogP contribution in [0.4, 0.5) is 5.69 Å². The number of aryl methyl sites for hydroxylation is 1. The van der Waals surface area contributed by atoms with E-state index < -0.39 is 29.2 Å². The number of carbonyl (C=O) groups is 4. The lowest BCUT2D eigenvalue weighted by Gasteiger charge is -2.31. The molecule has 4 heterocycles. The maximum absolute atomic E-state index is 14.0. The molecule has 2 saturated heterocycles. The SMILES string of the molecule is Cn1c(=O)n(CCC(=O)N2c3ccccc3C[C@H]2C(=O)N2CCC[C@H]2C(=O)CC(=O)N2CCCC2)c(=O)c2ccccc21. The van der Waals surface area contributed by atoms with Crippen molar-refractivity contribution in [3.63, 3.8) is 0 Å². The molecule has 224 valence electrons. The van der Waals surface area contributed by atoms with Crippen molar-refractivity contribution in [2.45, 2.75) is 63.6 Å². The van der Waals surface area contributed by atoms with Gasteiger partial charge in [-0.2, -0.15) is 0 Å². The first kappa shape index (κ1) is 28.6. The van der Waals surface area contributed by atoms with Gasteiger partial charge in [0.2, 0.25) is 17.7 Å². The summed E-state index contributed by atoms with van der Waals surface area (Å²) in [4.78, 5) is 84.6. The smallest absolute Gasteiger partial charge is 0.331 e. The number of anilines is 1. The van der Waals surface area contributed by atoms with Crippen molar-refractivity contribution < 1.29 is 19.2 Å². The third kappa shape index (κ3) is 5.17. The Kier molecular flexibility index (Phi) is 7.72. The van der Waals surface area contributed by atoms with Crippen molar-refractivity contribution in [1.82, 2.24) is 18.9 Å². The van der Waals surface area contributed by atoms with Gasteiger partial charge in [0.15, 0.2) is 5.78 Å². The molecule has 43 heavy (non-hydrogen) atoms. The number of para-hydroxylation sites is 2. The zero-order valence-corrected chi connectivity index (χ0v) is 24.2. The van der Waals surface area contributed by atoms with Gasteiger partial charge in [-0.3, -0.25) is 38.0 Å². The first-order valence-corrected chi connectivity index (χ1v) is 15.0. The van der Waals surface area contributed by atoms with Gasteiger partial charge in [0.05, 0.1) is 23.4 Å². The average molecular weight is 586 g/mol. The zero-order chi connectivity index (χ0) is 30.2. The van der Waals surface area contributed by atoms with Gasteiger partial charge in [0.25, 0.3) is 5.56 Å².